The van der Waals surface area contributed by atoms with Crippen LogP contribution in [0, 0.1) is 23.7 Å². The third-order valence-electron chi connectivity index (χ3n) is 5.96. The summed E-state index contributed by atoms with van der Waals surface area (Å²) in [5, 5.41) is 9.41. The smallest absolute Gasteiger partial charge is 0.307 e. The normalized spacial score (nSPS) is 39.9. The van der Waals surface area contributed by atoms with Crippen LogP contribution in [0.1, 0.15) is 58.3 Å². The Hall–Kier alpha value is -1.06. The Kier molecular flexibility index (Phi) is 4.23. The molecule has 1 saturated heterocycles. The molecule has 4 heteroatoms. The molecule has 0 bridgehead atoms. The molecule has 3 unspecified atom stereocenters. The summed E-state index contributed by atoms with van der Waals surface area (Å²) in [6.07, 6.45) is 8.63. The number of hydrogen-bond acceptors (Lipinski definition) is 2. The average molecular weight is 293 g/mol. The Balaban J connectivity index is 1.75. The van der Waals surface area contributed by atoms with Crippen molar-refractivity contribution in [2.45, 2.75) is 64.3 Å². The summed E-state index contributed by atoms with van der Waals surface area (Å²) in [6.45, 7) is 2.92. The Morgan fingerprint density at radius 1 is 1.00 bits per heavy atom. The number of carbonyl (C=O) groups is 2. The standard InChI is InChI=1S/C17H27NO3/c1-11-9-13(14(10-11)17(20)21)16(19)18-8-4-6-12-5-2-3-7-15(12)18/h11-15H,2-10H2,1H3,(H,20,21)/t11?,12-,13?,14?,15-/m1/s1. The van der Waals surface area contributed by atoms with Gasteiger partial charge < -0.3 is 10.0 Å². The molecule has 3 fully saturated rings. The third kappa shape index (κ3) is 2.82. The van der Waals surface area contributed by atoms with E-state index in [1.54, 1.807) is 0 Å². The van der Waals surface area contributed by atoms with Gasteiger partial charge in [-0.25, -0.2) is 0 Å². The van der Waals surface area contributed by atoms with Crippen molar-refractivity contribution >= 4 is 11.9 Å². The van der Waals surface area contributed by atoms with Crippen LogP contribution in [0.15, 0.2) is 0 Å². The van der Waals surface area contributed by atoms with Crippen LogP contribution in [0.4, 0.5) is 0 Å². The molecule has 4 nitrogen and oxygen atoms in total. The molecule has 2 saturated carbocycles. The van der Waals surface area contributed by atoms with Crippen molar-refractivity contribution in [1.29, 1.82) is 0 Å². The van der Waals surface area contributed by atoms with Crippen LogP contribution in [-0.4, -0.2) is 34.5 Å². The number of likely N-dealkylation sites (tertiary alicyclic amines) is 1. The van der Waals surface area contributed by atoms with E-state index in [2.05, 4.69) is 11.8 Å². The van der Waals surface area contributed by atoms with Gasteiger partial charge in [0.15, 0.2) is 0 Å². The zero-order valence-corrected chi connectivity index (χ0v) is 13.0. The molecule has 1 aliphatic heterocycles. The van der Waals surface area contributed by atoms with Gasteiger partial charge in [0.1, 0.15) is 0 Å². The van der Waals surface area contributed by atoms with Crippen LogP contribution in [0.25, 0.3) is 0 Å². The summed E-state index contributed by atoms with van der Waals surface area (Å²) in [6, 6.07) is 0.394. The zero-order valence-electron chi connectivity index (χ0n) is 13.0. The van der Waals surface area contributed by atoms with Crippen LogP contribution in [0.2, 0.25) is 0 Å². The number of nitrogens with zero attached hydrogens (tertiary/aromatic N) is 1. The fraction of sp³-hybridized carbons (Fsp3) is 0.882. The minimum atomic E-state index is -0.782. The van der Waals surface area contributed by atoms with Crippen molar-refractivity contribution in [3.63, 3.8) is 0 Å². The molecule has 0 radical (unpaired) electrons. The van der Waals surface area contributed by atoms with Crippen molar-refractivity contribution in [2.75, 3.05) is 6.54 Å². The Morgan fingerprint density at radius 2 is 1.67 bits per heavy atom. The van der Waals surface area contributed by atoms with Crippen LogP contribution >= 0.6 is 0 Å². The van der Waals surface area contributed by atoms with Gasteiger partial charge in [-0.05, 0) is 50.4 Å². The first-order valence-corrected chi connectivity index (χ1v) is 8.61. The van der Waals surface area contributed by atoms with E-state index in [0.29, 0.717) is 24.3 Å². The number of amides is 1. The van der Waals surface area contributed by atoms with Gasteiger partial charge in [0.05, 0.1) is 11.8 Å². The number of carboxylic acid groups (broad SMARTS) is 1. The van der Waals surface area contributed by atoms with Crippen LogP contribution in [-0.2, 0) is 9.59 Å². The molecule has 0 spiro atoms. The first kappa shape index (κ1) is 14.9. The van der Waals surface area contributed by atoms with Gasteiger partial charge in [-0.15, -0.1) is 0 Å². The summed E-state index contributed by atoms with van der Waals surface area (Å²) < 4.78 is 0. The molecule has 2 aliphatic carbocycles. The van der Waals surface area contributed by atoms with Crippen LogP contribution in [0.5, 0.6) is 0 Å². The molecular formula is C17H27NO3. The fourth-order valence-electron chi connectivity index (χ4n) is 4.95. The molecule has 1 amide bonds. The zero-order chi connectivity index (χ0) is 15.0. The molecule has 1 N–H and O–H groups in total. The summed E-state index contributed by atoms with van der Waals surface area (Å²) >= 11 is 0. The lowest BCUT2D eigenvalue weighted by atomic mass is 9.77. The van der Waals surface area contributed by atoms with Crippen molar-refractivity contribution < 1.29 is 14.7 Å². The Bertz CT molecular complexity index is 420. The molecule has 1 heterocycles. The number of carbonyl (C=O) groups excluding carboxylic acids is 1. The first-order valence-electron chi connectivity index (χ1n) is 8.61. The quantitative estimate of drug-likeness (QED) is 0.851. The van der Waals surface area contributed by atoms with E-state index in [9.17, 15) is 14.7 Å². The van der Waals surface area contributed by atoms with Crippen molar-refractivity contribution in [3.05, 3.63) is 0 Å². The van der Waals surface area contributed by atoms with Gasteiger partial charge in [-0.1, -0.05) is 19.8 Å². The second kappa shape index (κ2) is 5.98. The second-order valence-corrected chi connectivity index (χ2v) is 7.41. The van der Waals surface area contributed by atoms with Gasteiger partial charge in [-0.2, -0.15) is 0 Å². The predicted molar refractivity (Wildman–Crippen MR) is 79.7 cm³/mol. The highest BCUT2D eigenvalue weighted by atomic mass is 16.4. The average Bonchev–Trinajstić information content (AvgIpc) is 2.88. The number of piperidine rings is 1. The molecule has 0 aromatic rings. The molecule has 3 rings (SSSR count). The van der Waals surface area contributed by atoms with E-state index < -0.39 is 11.9 Å². The van der Waals surface area contributed by atoms with E-state index in [4.69, 9.17) is 0 Å². The first-order chi connectivity index (χ1) is 10.1. The second-order valence-electron chi connectivity index (χ2n) is 7.41. The number of carboxylic acids is 1. The van der Waals surface area contributed by atoms with Crippen molar-refractivity contribution in [3.8, 4) is 0 Å². The summed E-state index contributed by atoms with van der Waals surface area (Å²) in [5.41, 5.74) is 0. The number of hydrogen-bond donors (Lipinski definition) is 1. The lowest BCUT2D eigenvalue weighted by Crippen LogP contribution is -2.52. The Labute approximate surface area is 126 Å². The number of aliphatic carboxylic acids is 1. The summed E-state index contributed by atoms with van der Waals surface area (Å²) in [4.78, 5) is 26.5. The van der Waals surface area contributed by atoms with E-state index >= 15 is 0 Å². The van der Waals surface area contributed by atoms with E-state index in [0.717, 1.165) is 25.8 Å². The lowest BCUT2D eigenvalue weighted by molar-refractivity contribution is -0.152. The van der Waals surface area contributed by atoms with Gasteiger partial charge in [0.25, 0.3) is 0 Å². The minimum Gasteiger partial charge on any atom is -0.481 e. The van der Waals surface area contributed by atoms with E-state index in [1.165, 1.54) is 25.7 Å². The number of fused-ring (bicyclic) bond motifs is 1. The third-order valence-corrected chi connectivity index (χ3v) is 5.96. The van der Waals surface area contributed by atoms with Gasteiger partial charge in [0.2, 0.25) is 5.91 Å². The molecule has 5 atom stereocenters. The highest BCUT2D eigenvalue weighted by Crippen LogP contribution is 2.41. The fourth-order valence-corrected chi connectivity index (χ4v) is 4.95. The van der Waals surface area contributed by atoms with Crippen molar-refractivity contribution in [2.24, 2.45) is 23.7 Å². The summed E-state index contributed by atoms with van der Waals surface area (Å²) in [7, 11) is 0. The SMILES string of the molecule is CC1CC(C(=O)O)C(C(=O)N2CCC[C@H]3CCCC[C@H]32)C1. The van der Waals surface area contributed by atoms with Gasteiger partial charge in [0, 0.05) is 12.6 Å². The van der Waals surface area contributed by atoms with Crippen LogP contribution in [0.3, 0.4) is 0 Å². The highest BCUT2D eigenvalue weighted by Gasteiger charge is 2.45. The number of rotatable bonds is 2. The minimum absolute atomic E-state index is 0.142. The lowest BCUT2D eigenvalue weighted by Gasteiger charge is -2.45. The van der Waals surface area contributed by atoms with Crippen LogP contribution < -0.4 is 0 Å². The largest absolute Gasteiger partial charge is 0.481 e. The van der Waals surface area contributed by atoms with Gasteiger partial charge >= 0.3 is 5.97 Å². The molecule has 21 heavy (non-hydrogen) atoms. The molecule has 0 aromatic carbocycles. The van der Waals surface area contributed by atoms with Crippen molar-refractivity contribution in [1.82, 2.24) is 4.90 Å². The maximum Gasteiger partial charge on any atom is 0.307 e. The monoisotopic (exact) mass is 293 g/mol. The maximum atomic E-state index is 13.0. The Morgan fingerprint density at radius 3 is 2.43 bits per heavy atom. The van der Waals surface area contributed by atoms with E-state index in [-0.39, 0.29) is 11.8 Å². The highest BCUT2D eigenvalue weighted by molar-refractivity contribution is 5.85. The molecular weight excluding hydrogens is 266 g/mol. The molecule has 118 valence electrons. The summed E-state index contributed by atoms with van der Waals surface area (Å²) in [5.74, 6) is -0.363. The predicted octanol–water partition coefficient (Wildman–Crippen LogP) is 2.91. The van der Waals surface area contributed by atoms with E-state index in [1.807, 2.05) is 0 Å². The molecule has 0 aromatic heterocycles. The molecule has 3 aliphatic rings. The topological polar surface area (TPSA) is 57.6 Å². The van der Waals surface area contributed by atoms with Gasteiger partial charge in [-0.3, -0.25) is 9.59 Å². The maximum absolute atomic E-state index is 13.0.